The van der Waals surface area contributed by atoms with E-state index in [0.29, 0.717) is 5.02 Å². The summed E-state index contributed by atoms with van der Waals surface area (Å²) in [6.45, 7) is 3.93. The average molecular weight is 297 g/mol. The lowest BCUT2D eigenvalue weighted by molar-refractivity contribution is -0.145. The van der Waals surface area contributed by atoms with E-state index in [-0.39, 0.29) is 25.2 Å². The van der Waals surface area contributed by atoms with Gasteiger partial charge in [0.05, 0.1) is 19.6 Å². The van der Waals surface area contributed by atoms with E-state index in [1.54, 1.807) is 44.2 Å². The Morgan fingerprint density at radius 1 is 1.20 bits per heavy atom. The van der Waals surface area contributed by atoms with Gasteiger partial charge in [-0.15, -0.1) is 0 Å². The van der Waals surface area contributed by atoms with Gasteiger partial charge in [-0.3, -0.25) is 4.79 Å². The average Bonchev–Trinajstić information content (AvgIpc) is 2.38. The molecule has 1 rings (SSSR count). The highest BCUT2D eigenvalue weighted by Crippen LogP contribution is 2.16. The van der Waals surface area contributed by atoms with E-state index < -0.39 is 11.9 Å². The van der Waals surface area contributed by atoms with Gasteiger partial charge in [0.15, 0.2) is 0 Å². The molecule has 0 amide bonds. The quantitative estimate of drug-likeness (QED) is 0.597. The van der Waals surface area contributed by atoms with Crippen LogP contribution >= 0.6 is 11.6 Å². The minimum absolute atomic E-state index is 0.126. The van der Waals surface area contributed by atoms with E-state index >= 15 is 0 Å². The molecule has 0 unspecified atom stereocenters. The molecule has 0 radical (unpaired) electrons. The van der Waals surface area contributed by atoms with Crippen LogP contribution in [0.1, 0.15) is 25.8 Å². The standard InChI is InChI=1S/C15H17ClO4/c1-3-19-14(17)10-12(15(18)20-4-2)8-11-6-5-7-13(16)9-11/h5-9H,3-4,10H2,1-2H3. The number of carbonyl (C=O) groups excluding carboxylic acids is 2. The monoisotopic (exact) mass is 296 g/mol. The Bertz CT molecular complexity index is 508. The van der Waals surface area contributed by atoms with Gasteiger partial charge in [0.25, 0.3) is 0 Å². The maximum Gasteiger partial charge on any atom is 0.334 e. The SMILES string of the molecule is CCOC(=O)CC(=Cc1cccc(Cl)c1)C(=O)OCC. The molecule has 0 aromatic heterocycles. The zero-order chi connectivity index (χ0) is 15.0. The van der Waals surface area contributed by atoms with Crippen molar-refractivity contribution in [3.8, 4) is 0 Å². The van der Waals surface area contributed by atoms with Crippen molar-refractivity contribution in [1.29, 1.82) is 0 Å². The Kier molecular flexibility index (Phi) is 6.81. The number of carbonyl (C=O) groups is 2. The van der Waals surface area contributed by atoms with E-state index in [9.17, 15) is 9.59 Å². The third-order valence-electron chi connectivity index (χ3n) is 2.37. The van der Waals surface area contributed by atoms with Crippen LogP contribution in [-0.2, 0) is 19.1 Å². The fraction of sp³-hybridized carbons (Fsp3) is 0.333. The number of halogens is 1. The van der Waals surface area contributed by atoms with Crippen LogP contribution < -0.4 is 0 Å². The normalized spacial score (nSPS) is 11.1. The van der Waals surface area contributed by atoms with Crippen LogP contribution in [0, 0.1) is 0 Å². The molecule has 0 aliphatic heterocycles. The van der Waals surface area contributed by atoms with Crippen LogP contribution in [0.4, 0.5) is 0 Å². The first-order valence-electron chi connectivity index (χ1n) is 6.35. The fourth-order valence-electron chi connectivity index (χ4n) is 1.57. The summed E-state index contributed by atoms with van der Waals surface area (Å²) >= 11 is 5.89. The Balaban J connectivity index is 2.97. The molecule has 0 spiro atoms. The molecule has 5 heteroatoms. The van der Waals surface area contributed by atoms with Gasteiger partial charge in [0.1, 0.15) is 0 Å². The molecule has 108 valence electrons. The lowest BCUT2D eigenvalue weighted by atomic mass is 10.1. The molecule has 0 saturated carbocycles. The van der Waals surface area contributed by atoms with Crippen molar-refractivity contribution in [3.05, 3.63) is 40.4 Å². The second-order valence-corrected chi connectivity index (χ2v) is 4.36. The number of esters is 2. The van der Waals surface area contributed by atoms with Crippen LogP contribution in [0.5, 0.6) is 0 Å². The largest absolute Gasteiger partial charge is 0.466 e. The summed E-state index contributed by atoms with van der Waals surface area (Å²) in [5.41, 5.74) is 0.970. The first kappa shape index (κ1) is 16.2. The first-order chi connectivity index (χ1) is 9.56. The topological polar surface area (TPSA) is 52.6 Å². The smallest absolute Gasteiger partial charge is 0.334 e. The maximum atomic E-state index is 11.8. The second kappa shape index (κ2) is 8.38. The van der Waals surface area contributed by atoms with Gasteiger partial charge in [0.2, 0.25) is 0 Å². The number of benzene rings is 1. The summed E-state index contributed by atoms with van der Waals surface area (Å²) in [4.78, 5) is 23.4. The molecule has 4 nitrogen and oxygen atoms in total. The van der Waals surface area contributed by atoms with Gasteiger partial charge in [-0.05, 0) is 37.6 Å². The van der Waals surface area contributed by atoms with Crippen molar-refractivity contribution in [2.24, 2.45) is 0 Å². The van der Waals surface area contributed by atoms with Gasteiger partial charge < -0.3 is 9.47 Å². The third kappa shape index (κ3) is 5.45. The van der Waals surface area contributed by atoms with Crippen molar-refractivity contribution in [3.63, 3.8) is 0 Å². The van der Waals surface area contributed by atoms with Crippen molar-refractivity contribution in [1.82, 2.24) is 0 Å². The summed E-state index contributed by atoms with van der Waals surface area (Å²) in [6.07, 6.45) is 1.46. The molecule has 0 aliphatic carbocycles. The summed E-state index contributed by atoms with van der Waals surface area (Å²) in [5, 5.41) is 0.554. The predicted octanol–water partition coefficient (Wildman–Crippen LogP) is 3.24. The number of rotatable bonds is 6. The molecule has 1 aromatic rings. The Morgan fingerprint density at radius 3 is 2.50 bits per heavy atom. The number of hydrogen-bond donors (Lipinski definition) is 0. The highest BCUT2D eigenvalue weighted by molar-refractivity contribution is 6.30. The van der Waals surface area contributed by atoms with Crippen molar-refractivity contribution in [2.45, 2.75) is 20.3 Å². The molecule has 0 N–H and O–H groups in total. The predicted molar refractivity (Wildman–Crippen MR) is 77.3 cm³/mol. The van der Waals surface area contributed by atoms with E-state index in [4.69, 9.17) is 21.1 Å². The minimum atomic E-state index is -0.527. The van der Waals surface area contributed by atoms with Gasteiger partial charge >= 0.3 is 11.9 Å². The second-order valence-electron chi connectivity index (χ2n) is 3.93. The van der Waals surface area contributed by atoms with Crippen LogP contribution in [0.3, 0.4) is 0 Å². The van der Waals surface area contributed by atoms with E-state index in [2.05, 4.69) is 0 Å². The number of hydrogen-bond acceptors (Lipinski definition) is 4. The molecular formula is C15H17ClO4. The molecule has 0 atom stereocenters. The highest BCUT2D eigenvalue weighted by Gasteiger charge is 2.16. The first-order valence-corrected chi connectivity index (χ1v) is 6.73. The molecule has 20 heavy (non-hydrogen) atoms. The molecule has 0 fully saturated rings. The van der Waals surface area contributed by atoms with E-state index in [0.717, 1.165) is 5.56 Å². The molecular weight excluding hydrogens is 280 g/mol. The molecule has 0 saturated heterocycles. The highest BCUT2D eigenvalue weighted by atomic mass is 35.5. The molecule has 0 heterocycles. The fourth-order valence-corrected chi connectivity index (χ4v) is 1.77. The summed E-state index contributed by atoms with van der Waals surface area (Å²) in [7, 11) is 0. The van der Waals surface area contributed by atoms with Gasteiger partial charge in [-0.2, -0.15) is 0 Å². The third-order valence-corrected chi connectivity index (χ3v) is 2.60. The molecule has 0 bridgehead atoms. The number of ether oxygens (including phenoxy) is 2. The van der Waals surface area contributed by atoms with Crippen molar-refractivity contribution >= 4 is 29.6 Å². The maximum absolute atomic E-state index is 11.8. The van der Waals surface area contributed by atoms with E-state index in [1.807, 2.05) is 0 Å². The van der Waals surface area contributed by atoms with Crippen LogP contribution in [-0.4, -0.2) is 25.2 Å². The Morgan fingerprint density at radius 2 is 1.90 bits per heavy atom. The Hall–Kier alpha value is -1.81. The van der Waals surface area contributed by atoms with Crippen LogP contribution in [0.15, 0.2) is 29.8 Å². The molecule has 1 aromatic carbocycles. The van der Waals surface area contributed by atoms with Crippen molar-refractivity contribution < 1.29 is 19.1 Å². The van der Waals surface area contributed by atoms with Gasteiger partial charge in [-0.25, -0.2) is 4.79 Å². The zero-order valence-corrected chi connectivity index (χ0v) is 12.3. The minimum Gasteiger partial charge on any atom is -0.466 e. The van der Waals surface area contributed by atoms with Crippen molar-refractivity contribution in [2.75, 3.05) is 13.2 Å². The summed E-state index contributed by atoms with van der Waals surface area (Å²) in [5.74, 6) is -0.991. The van der Waals surface area contributed by atoms with Gasteiger partial charge in [-0.1, -0.05) is 23.7 Å². The van der Waals surface area contributed by atoms with Gasteiger partial charge in [0, 0.05) is 10.6 Å². The molecule has 0 aliphatic rings. The lowest BCUT2D eigenvalue weighted by Gasteiger charge is -2.07. The summed E-state index contributed by atoms with van der Waals surface area (Å²) < 4.78 is 9.79. The Labute approximate surface area is 123 Å². The van der Waals surface area contributed by atoms with Crippen LogP contribution in [0.25, 0.3) is 6.08 Å². The lowest BCUT2D eigenvalue weighted by Crippen LogP contribution is -2.13. The summed E-state index contributed by atoms with van der Waals surface area (Å²) in [6, 6.07) is 6.98. The van der Waals surface area contributed by atoms with Crippen LogP contribution in [0.2, 0.25) is 5.02 Å². The van der Waals surface area contributed by atoms with E-state index in [1.165, 1.54) is 0 Å². The zero-order valence-electron chi connectivity index (χ0n) is 11.5.